The minimum Gasteiger partial charge on any atom is -0.497 e. The number of aliphatic hydroxyl groups excluding tert-OH is 1. The summed E-state index contributed by atoms with van der Waals surface area (Å²) < 4.78 is 5.28. The van der Waals surface area contributed by atoms with Gasteiger partial charge in [0.1, 0.15) is 12.4 Å². The zero-order valence-electron chi connectivity index (χ0n) is 14.9. The van der Waals surface area contributed by atoms with Crippen molar-refractivity contribution in [1.82, 2.24) is 9.80 Å². The Morgan fingerprint density at radius 2 is 2.29 bits per heavy atom. The van der Waals surface area contributed by atoms with Gasteiger partial charge in [-0.05, 0) is 56.3 Å². The molecular formula is C19H30N2O3. The van der Waals surface area contributed by atoms with Gasteiger partial charge in [-0.15, -0.1) is 0 Å². The molecule has 5 heteroatoms. The molecule has 1 saturated heterocycles. The average Bonchev–Trinajstić information content (AvgIpc) is 2.64. The van der Waals surface area contributed by atoms with Crippen LogP contribution in [-0.2, 0) is 11.2 Å². The summed E-state index contributed by atoms with van der Waals surface area (Å²) in [4.78, 5) is 16.0. The van der Waals surface area contributed by atoms with Crippen molar-refractivity contribution in [3.63, 3.8) is 0 Å². The van der Waals surface area contributed by atoms with Crippen molar-refractivity contribution in [3.8, 4) is 5.75 Å². The van der Waals surface area contributed by atoms with Gasteiger partial charge in [0.2, 0.25) is 5.91 Å². The van der Waals surface area contributed by atoms with Gasteiger partial charge >= 0.3 is 0 Å². The Labute approximate surface area is 145 Å². The number of benzene rings is 1. The number of likely N-dealkylation sites (N-methyl/N-ethyl adjacent to an activating group) is 1. The second kappa shape index (κ2) is 9.64. The largest absolute Gasteiger partial charge is 0.497 e. The minimum atomic E-state index is -0.389. The third-order valence-corrected chi connectivity index (χ3v) is 4.80. The molecule has 0 bridgehead atoms. The zero-order chi connectivity index (χ0) is 17.4. The molecule has 1 heterocycles. The molecular weight excluding hydrogens is 304 g/mol. The smallest absolute Gasteiger partial charge is 0.248 e. The number of hydrogen-bond acceptors (Lipinski definition) is 4. The maximum absolute atomic E-state index is 11.7. The molecule has 5 nitrogen and oxygen atoms in total. The van der Waals surface area contributed by atoms with E-state index in [1.807, 2.05) is 19.1 Å². The lowest BCUT2D eigenvalue weighted by molar-refractivity contribution is -0.134. The molecule has 1 amide bonds. The normalized spacial score (nSPS) is 18.4. The minimum absolute atomic E-state index is 0.161. The number of amides is 1. The summed E-state index contributed by atoms with van der Waals surface area (Å²) in [5.74, 6) is 1.25. The van der Waals surface area contributed by atoms with E-state index in [1.54, 1.807) is 12.0 Å². The second-order valence-electron chi connectivity index (χ2n) is 6.50. The summed E-state index contributed by atoms with van der Waals surface area (Å²) in [7, 11) is 1.70. The van der Waals surface area contributed by atoms with E-state index < -0.39 is 0 Å². The number of likely N-dealkylation sites (tertiary alicyclic amines) is 1. The SMILES string of the molecule is CCN(C[C@H]1CCCN(CCc2cccc(OC)c2)C1)C(=O)CO. The van der Waals surface area contributed by atoms with E-state index in [1.165, 1.54) is 12.0 Å². The van der Waals surface area contributed by atoms with Crippen LogP contribution in [0.3, 0.4) is 0 Å². The lowest BCUT2D eigenvalue weighted by Crippen LogP contribution is -2.44. The van der Waals surface area contributed by atoms with Gasteiger partial charge in [0, 0.05) is 26.2 Å². The number of carbonyl (C=O) groups is 1. The summed E-state index contributed by atoms with van der Waals surface area (Å²) in [6, 6.07) is 8.24. The van der Waals surface area contributed by atoms with Crippen LogP contribution >= 0.6 is 0 Å². The van der Waals surface area contributed by atoms with Crippen LogP contribution in [0.2, 0.25) is 0 Å². The van der Waals surface area contributed by atoms with Crippen LogP contribution in [0.15, 0.2) is 24.3 Å². The third kappa shape index (κ3) is 5.49. The monoisotopic (exact) mass is 334 g/mol. The number of carbonyl (C=O) groups excluding carboxylic acids is 1. The molecule has 0 radical (unpaired) electrons. The van der Waals surface area contributed by atoms with Gasteiger partial charge in [-0.3, -0.25) is 4.79 Å². The number of methoxy groups -OCH3 is 1. The molecule has 1 atom stereocenters. The number of piperidine rings is 1. The van der Waals surface area contributed by atoms with Crippen LogP contribution in [0.5, 0.6) is 5.75 Å². The number of hydrogen-bond donors (Lipinski definition) is 1. The Morgan fingerprint density at radius 3 is 3.00 bits per heavy atom. The topological polar surface area (TPSA) is 53.0 Å². The molecule has 1 aromatic carbocycles. The molecule has 24 heavy (non-hydrogen) atoms. The summed E-state index contributed by atoms with van der Waals surface area (Å²) in [5.41, 5.74) is 1.29. The van der Waals surface area contributed by atoms with Crippen LogP contribution in [0.1, 0.15) is 25.3 Å². The average molecular weight is 334 g/mol. The van der Waals surface area contributed by atoms with Crippen molar-refractivity contribution in [1.29, 1.82) is 0 Å². The summed E-state index contributed by atoms with van der Waals surface area (Å²) >= 11 is 0. The van der Waals surface area contributed by atoms with E-state index in [0.29, 0.717) is 12.5 Å². The Kier molecular flexibility index (Phi) is 7.53. The lowest BCUT2D eigenvalue weighted by Gasteiger charge is -2.35. The number of ether oxygens (including phenoxy) is 1. The van der Waals surface area contributed by atoms with Crippen LogP contribution in [0, 0.1) is 5.92 Å². The first-order valence-electron chi connectivity index (χ1n) is 8.90. The standard InChI is InChI=1S/C19H30N2O3/c1-3-21(19(23)15-22)14-17-7-5-10-20(13-17)11-9-16-6-4-8-18(12-16)24-2/h4,6,8,12,17,22H,3,5,7,9-11,13-15H2,1-2H3/t17-/m0/s1. The van der Waals surface area contributed by atoms with E-state index >= 15 is 0 Å². The van der Waals surface area contributed by atoms with Gasteiger partial charge in [0.05, 0.1) is 7.11 Å². The van der Waals surface area contributed by atoms with Gasteiger partial charge < -0.3 is 19.6 Å². The van der Waals surface area contributed by atoms with Crippen molar-refractivity contribution >= 4 is 5.91 Å². The van der Waals surface area contributed by atoms with Gasteiger partial charge in [-0.25, -0.2) is 0 Å². The molecule has 1 aliphatic rings. The highest BCUT2D eigenvalue weighted by atomic mass is 16.5. The first-order valence-corrected chi connectivity index (χ1v) is 8.90. The van der Waals surface area contributed by atoms with Gasteiger partial charge in [-0.2, -0.15) is 0 Å². The zero-order valence-corrected chi connectivity index (χ0v) is 14.9. The predicted molar refractivity (Wildman–Crippen MR) is 95.2 cm³/mol. The molecule has 0 aliphatic carbocycles. The van der Waals surface area contributed by atoms with E-state index in [0.717, 1.165) is 44.8 Å². The van der Waals surface area contributed by atoms with Crippen molar-refractivity contribution in [2.24, 2.45) is 5.92 Å². The quantitative estimate of drug-likeness (QED) is 0.787. The Balaban J connectivity index is 1.83. The molecule has 0 saturated carbocycles. The summed E-state index contributed by atoms with van der Waals surface area (Å²) in [6.45, 7) is 6.19. The third-order valence-electron chi connectivity index (χ3n) is 4.80. The molecule has 0 aromatic heterocycles. The van der Waals surface area contributed by atoms with E-state index in [9.17, 15) is 4.79 Å². The first kappa shape index (κ1) is 18.7. The Morgan fingerprint density at radius 1 is 1.46 bits per heavy atom. The molecule has 1 aromatic rings. The van der Waals surface area contributed by atoms with E-state index in [2.05, 4.69) is 17.0 Å². The molecule has 1 N–H and O–H groups in total. The van der Waals surface area contributed by atoms with Crippen LogP contribution in [0.25, 0.3) is 0 Å². The summed E-state index contributed by atoms with van der Waals surface area (Å²) in [5, 5.41) is 9.06. The fourth-order valence-electron chi connectivity index (χ4n) is 3.44. The highest BCUT2D eigenvalue weighted by Gasteiger charge is 2.23. The molecule has 134 valence electrons. The van der Waals surface area contributed by atoms with Crippen molar-refractivity contribution in [2.45, 2.75) is 26.2 Å². The highest BCUT2D eigenvalue weighted by molar-refractivity contribution is 5.77. The first-order chi connectivity index (χ1) is 11.7. The van der Waals surface area contributed by atoms with E-state index in [-0.39, 0.29) is 12.5 Å². The number of nitrogens with zero attached hydrogens (tertiary/aromatic N) is 2. The Hall–Kier alpha value is -1.59. The molecule has 1 aliphatic heterocycles. The molecule has 0 unspecified atom stereocenters. The maximum atomic E-state index is 11.7. The van der Waals surface area contributed by atoms with Crippen molar-refractivity contribution < 1.29 is 14.6 Å². The summed E-state index contributed by atoms with van der Waals surface area (Å²) in [6.07, 6.45) is 3.34. The van der Waals surface area contributed by atoms with Crippen molar-refractivity contribution in [2.75, 3.05) is 46.4 Å². The molecule has 2 rings (SSSR count). The van der Waals surface area contributed by atoms with E-state index in [4.69, 9.17) is 9.84 Å². The second-order valence-corrected chi connectivity index (χ2v) is 6.50. The number of aliphatic hydroxyl groups is 1. The van der Waals surface area contributed by atoms with Gasteiger partial charge in [0.15, 0.2) is 0 Å². The molecule has 0 spiro atoms. The number of rotatable bonds is 8. The van der Waals surface area contributed by atoms with Crippen LogP contribution in [0.4, 0.5) is 0 Å². The van der Waals surface area contributed by atoms with Crippen molar-refractivity contribution in [3.05, 3.63) is 29.8 Å². The predicted octanol–water partition coefficient (Wildman–Crippen LogP) is 1.79. The molecule has 1 fully saturated rings. The fourth-order valence-corrected chi connectivity index (χ4v) is 3.44. The lowest BCUT2D eigenvalue weighted by atomic mass is 9.97. The van der Waals surface area contributed by atoms with Crippen LogP contribution < -0.4 is 4.74 Å². The highest BCUT2D eigenvalue weighted by Crippen LogP contribution is 2.19. The van der Waals surface area contributed by atoms with Gasteiger partial charge in [0.25, 0.3) is 0 Å². The maximum Gasteiger partial charge on any atom is 0.248 e. The van der Waals surface area contributed by atoms with Gasteiger partial charge in [-0.1, -0.05) is 12.1 Å². The fraction of sp³-hybridized carbons (Fsp3) is 0.632. The van der Waals surface area contributed by atoms with Crippen LogP contribution in [-0.4, -0.2) is 67.3 Å². The Bertz CT molecular complexity index is 521.